The van der Waals surface area contributed by atoms with Crippen LogP contribution in [-0.2, 0) is 4.79 Å². The van der Waals surface area contributed by atoms with Crippen LogP contribution in [0, 0.1) is 0 Å². The van der Waals surface area contributed by atoms with Gasteiger partial charge in [-0.2, -0.15) is 4.80 Å². The van der Waals surface area contributed by atoms with Crippen molar-refractivity contribution in [2.75, 3.05) is 5.32 Å². The van der Waals surface area contributed by atoms with E-state index in [2.05, 4.69) is 15.5 Å². The zero-order valence-corrected chi connectivity index (χ0v) is 11.5. The average Bonchev–Trinajstić information content (AvgIpc) is 2.89. The van der Waals surface area contributed by atoms with E-state index in [1.54, 1.807) is 11.0 Å². The highest BCUT2D eigenvalue weighted by atomic mass is 16.1. The van der Waals surface area contributed by atoms with Crippen LogP contribution in [0.15, 0.2) is 48.5 Å². The smallest absolute Gasteiger partial charge is 0.221 e. The second-order valence-electron chi connectivity index (χ2n) is 4.63. The molecule has 0 radical (unpaired) electrons. The van der Waals surface area contributed by atoms with E-state index in [4.69, 9.17) is 0 Å². The summed E-state index contributed by atoms with van der Waals surface area (Å²) in [4.78, 5) is 12.5. The van der Waals surface area contributed by atoms with Crippen molar-refractivity contribution in [3.05, 3.63) is 54.1 Å². The fourth-order valence-corrected chi connectivity index (χ4v) is 1.98. The topological polar surface area (TPSA) is 59.8 Å². The Labute approximate surface area is 121 Å². The van der Waals surface area contributed by atoms with Crippen molar-refractivity contribution in [3.63, 3.8) is 0 Å². The number of anilines is 1. The second-order valence-corrected chi connectivity index (χ2v) is 4.63. The number of hydrogen-bond acceptors (Lipinski definition) is 3. The van der Waals surface area contributed by atoms with Crippen molar-refractivity contribution in [1.29, 1.82) is 0 Å². The Hall–Kier alpha value is -2.95. The molecule has 5 nitrogen and oxygen atoms in total. The van der Waals surface area contributed by atoms with Crippen molar-refractivity contribution in [1.82, 2.24) is 15.0 Å². The predicted molar refractivity (Wildman–Crippen MR) is 83.5 cm³/mol. The number of fused-ring (bicyclic) bond motifs is 1. The van der Waals surface area contributed by atoms with Crippen LogP contribution >= 0.6 is 0 Å². The summed E-state index contributed by atoms with van der Waals surface area (Å²) in [5.41, 5.74) is 3.51. The number of rotatable bonds is 3. The van der Waals surface area contributed by atoms with Gasteiger partial charge in [0.2, 0.25) is 5.91 Å². The van der Waals surface area contributed by atoms with Gasteiger partial charge in [-0.25, -0.2) is 0 Å². The third-order valence-electron chi connectivity index (χ3n) is 2.93. The molecule has 21 heavy (non-hydrogen) atoms. The number of hydrogen-bond donors (Lipinski definition) is 1. The number of carbonyl (C=O) groups is 1. The maximum absolute atomic E-state index is 10.9. The maximum Gasteiger partial charge on any atom is 0.221 e. The number of carbonyl (C=O) groups excluding carboxylic acids is 1. The van der Waals surface area contributed by atoms with Crippen LogP contribution in [0.5, 0.6) is 0 Å². The first-order chi connectivity index (χ1) is 10.2. The number of nitrogens with one attached hydrogen (secondary N) is 1. The van der Waals surface area contributed by atoms with Crippen LogP contribution in [0.25, 0.3) is 23.3 Å². The highest BCUT2D eigenvalue weighted by molar-refractivity contribution is 5.88. The largest absolute Gasteiger partial charge is 0.326 e. The summed E-state index contributed by atoms with van der Waals surface area (Å²) >= 11 is 0. The quantitative estimate of drug-likeness (QED) is 0.801. The van der Waals surface area contributed by atoms with Gasteiger partial charge in [0.15, 0.2) is 0 Å². The number of amides is 1. The maximum atomic E-state index is 10.9. The normalized spacial score (nSPS) is 11.1. The van der Waals surface area contributed by atoms with Gasteiger partial charge in [0.05, 0.1) is 6.20 Å². The molecule has 1 heterocycles. The van der Waals surface area contributed by atoms with Gasteiger partial charge in [0.1, 0.15) is 11.0 Å². The van der Waals surface area contributed by atoms with Crippen LogP contribution in [0.2, 0.25) is 0 Å². The lowest BCUT2D eigenvalue weighted by Gasteiger charge is -2.01. The van der Waals surface area contributed by atoms with Gasteiger partial charge < -0.3 is 5.32 Å². The second kappa shape index (κ2) is 5.58. The monoisotopic (exact) mass is 278 g/mol. The number of nitrogens with zero attached hydrogens (tertiary/aromatic N) is 3. The zero-order valence-electron chi connectivity index (χ0n) is 11.5. The molecule has 0 saturated heterocycles. The van der Waals surface area contributed by atoms with E-state index in [1.165, 1.54) is 6.92 Å². The zero-order chi connectivity index (χ0) is 14.7. The van der Waals surface area contributed by atoms with Gasteiger partial charge in [-0.1, -0.05) is 24.3 Å². The summed E-state index contributed by atoms with van der Waals surface area (Å²) in [5, 5.41) is 11.4. The third-order valence-corrected chi connectivity index (χ3v) is 2.93. The molecule has 0 aliphatic carbocycles. The van der Waals surface area contributed by atoms with Gasteiger partial charge in [0.25, 0.3) is 0 Å². The summed E-state index contributed by atoms with van der Waals surface area (Å²) < 4.78 is 0. The number of aromatic nitrogens is 3. The minimum Gasteiger partial charge on any atom is -0.326 e. The Bertz CT molecular complexity index is 770. The summed E-state index contributed by atoms with van der Waals surface area (Å²) in [6.07, 6.45) is 3.71. The molecule has 0 aliphatic rings. The Morgan fingerprint density at radius 3 is 2.24 bits per heavy atom. The highest BCUT2D eigenvalue weighted by Crippen LogP contribution is 2.12. The predicted octanol–water partition coefficient (Wildman–Crippen LogP) is 3.02. The van der Waals surface area contributed by atoms with E-state index in [0.29, 0.717) is 0 Å². The summed E-state index contributed by atoms with van der Waals surface area (Å²) in [7, 11) is 0. The molecule has 104 valence electrons. The van der Waals surface area contributed by atoms with E-state index >= 15 is 0 Å². The van der Waals surface area contributed by atoms with Gasteiger partial charge in [0, 0.05) is 12.6 Å². The molecular formula is C16H14N4O. The first-order valence-corrected chi connectivity index (χ1v) is 6.58. The molecular weight excluding hydrogens is 264 g/mol. The van der Waals surface area contributed by atoms with Crippen LogP contribution in [0.1, 0.15) is 12.5 Å². The molecule has 5 heteroatoms. The fourth-order valence-electron chi connectivity index (χ4n) is 1.98. The summed E-state index contributed by atoms with van der Waals surface area (Å²) in [6.45, 7) is 1.49. The molecule has 0 aliphatic heterocycles. The Morgan fingerprint density at radius 1 is 1.05 bits per heavy atom. The van der Waals surface area contributed by atoms with Crippen molar-refractivity contribution in [2.45, 2.75) is 6.92 Å². The molecule has 3 rings (SSSR count). The Kier molecular flexibility index (Phi) is 3.47. The molecule has 2 aromatic carbocycles. The fraction of sp³-hybridized carbons (Fsp3) is 0.0625. The van der Waals surface area contributed by atoms with Crippen LogP contribution in [0.4, 0.5) is 5.69 Å². The summed E-state index contributed by atoms with van der Waals surface area (Å²) in [5.74, 6) is -0.0780. The van der Waals surface area contributed by atoms with E-state index in [-0.39, 0.29) is 5.91 Å². The van der Waals surface area contributed by atoms with Crippen LogP contribution < -0.4 is 5.32 Å². The Morgan fingerprint density at radius 2 is 1.67 bits per heavy atom. The van der Waals surface area contributed by atoms with E-state index in [0.717, 1.165) is 22.3 Å². The summed E-state index contributed by atoms with van der Waals surface area (Å²) in [6, 6.07) is 15.3. The van der Waals surface area contributed by atoms with Crippen molar-refractivity contribution >= 4 is 34.9 Å². The van der Waals surface area contributed by atoms with E-state index < -0.39 is 0 Å². The highest BCUT2D eigenvalue weighted by Gasteiger charge is 1.98. The SMILES string of the molecule is CC(=O)Nc1ccc(C=Cn2nc3ccccc3n2)cc1. The minimum absolute atomic E-state index is 0.0780. The lowest BCUT2D eigenvalue weighted by atomic mass is 10.2. The molecule has 0 bridgehead atoms. The molecule has 3 aromatic rings. The van der Waals surface area contributed by atoms with Gasteiger partial charge in [-0.15, -0.1) is 10.2 Å². The lowest BCUT2D eigenvalue weighted by Crippen LogP contribution is -2.05. The molecule has 0 spiro atoms. The van der Waals surface area contributed by atoms with Crippen LogP contribution in [0.3, 0.4) is 0 Å². The molecule has 0 fully saturated rings. The van der Waals surface area contributed by atoms with E-state index in [9.17, 15) is 4.79 Å². The first-order valence-electron chi connectivity index (χ1n) is 6.58. The van der Waals surface area contributed by atoms with Crippen molar-refractivity contribution in [2.24, 2.45) is 0 Å². The molecule has 1 amide bonds. The lowest BCUT2D eigenvalue weighted by molar-refractivity contribution is -0.114. The average molecular weight is 278 g/mol. The molecule has 1 aromatic heterocycles. The third kappa shape index (κ3) is 3.14. The van der Waals surface area contributed by atoms with E-state index in [1.807, 2.05) is 54.6 Å². The van der Waals surface area contributed by atoms with Crippen LogP contribution in [-0.4, -0.2) is 20.9 Å². The minimum atomic E-state index is -0.0780. The van der Waals surface area contributed by atoms with Crippen molar-refractivity contribution in [3.8, 4) is 0 Å². The Balaban J connectivity index is 1.77. The molecule has 0 atom stereocenters. The first kappa shape index (κ1) is 13.1. The van der Waals surface area contributed by atoms with Gasteiger partial charge in [-0.3, -0.25) is 4.79 Å². The molecule has 0 saturated carbocycles. The van der Waals surface area contributed by atoms with Crippen molar-refractivity contribution < 1.29 is 4.79 Å². The standard InChI is InChI=1S/C16H14N4O/c1-12(21)17-14-8-6-13(7-9-14)10-11-20-18-15-4-2-3-5-16(15)19-20/h2-11H,1H3,(H,17,21). The van der Waals surface area contributed by atoms with Gasteiger partial charge in [-0.05, 0) is 35.9 Å². The van der Waals surface area contributed by atoms with Gasteiger partial charge >= 0.3 is 0 Å². The molecule has 1 N–H and O–H groups in total. The number of benzene rings is 2. The molecule has 0 unspecified atom stereocenters.